The van der Waals surface area contributed by atoms with Crippen LogP contribution in [0.2, 0.25) is 0 Å². The van der Waals surface area contributed by atoms with E-state index in [0.717, 1.165) is 33.5 Å². The molecular formula is C18H15N5. The maximum absolute atomic E-state index is 6.13. The first kappa shape index (κ1) is 13.5. The zero-order valence-electron chi connectivity index (χ0n) is 12.6. The molecule has 0 saturated carbocycles. The summed E-state index contributed by atoms with van der Waals surface area (Å²) >= 11 is 0. The number of anilines is 1. The zero-order valence-corrected chi connectivity index (χ0v) is 12.6. The van der Waals surface area contributed by atoms with Crippen molar-refractivity contribution in [1.82, 2.24) is 20.0 Å². The number of rotatable bonds is 2. The number of nitrogen functional groups attached to an aromatic ring is 1. The summed E-state index contributed by atoms with van der Waals surface area (Å²) < 4.78 is 1.91. The minimum atomic E-state index is 0.395. The summed E-state index contributed by atoms with van der Waals surface area (Å²) in [6.45, 7) is 1.89. The third-order valence-corrected chi connectivity index (χ3v) is 3.84. The van der Waals surface area contributed by atoms with Gasteiger partial charge in [0.2, 0.25) is 0 Å². The second-order valence-corrected chi connectivity index (χ2v) is 5.36. The molecule has 0 aliphatic heterocycles. The number of nitrogens with zero attached hydrogens (tertiary/aromatic N) is 4. The molecule has 0 aliphatic carbocycles. The molecule has 112 valence electrons. The molecule has 0 spiro atoms. The van der Waals surface area contributed by atoms with Crippen molar-refractivity contribution in [3.05, 3.63) is 66.4 Å². The topological polar surface area (TPSA) is 69.6 Å². The summed E-state index contributed by atoms with van der Waals surface area (Å²) in [5.41, 5.74) is 10.6. The summed E-state index contributed by atoms with van der Waals surface area (Å²) in [5.74, 6) is 0.395. The SMILES string of the molecule is Cc1nnc(N)c2c(-c3ccccc3)n(-c3ccccc3)nc12. The Labute approximate surface area is 133 Å². The van der Waals surface area contributed by atoms with Crippen molar-refractivity contribution < 1.29 is 0 Å². The lowest BCUT2D eigenvalue weighted by Gasteiger charge is -2.08. The van der Waals surface area contributed by atoms with Gasteiger partial charge in [-0.3, -0.25) is 0 Å². The van der Waals surface area contributed by atoms with E-state index in [0.29, 0.717) is 5.82 Å². The van der Waals surface area contributed by atoms with Crippen molar-refractivity contribution >= 4 is 16.7 Å². The highest BCUT2D eigenvalue weighted by Gasteiger charge is 2.19. The Kier molecular flexibility index (Phi) is 3.05. The average Bonchev–Trinajstić information content (AvgIpc) is 3.02. The minimum Gasteiger partial charge on any atom is -0.382 e. The van der Waals surface area contributed by atoms with E-state index >= 15 is 0 Å². The standard InChI is InChI=1S/C18H15N5/c1-12-16-15(18(19)21-20-12)17(13-8-4-2-5-9-13)23(22-16)14-10-6-3-7-11-14/h2-11H,1H3,(H2,19,21). The van der Waals surface area contributed by atoms with Gasteiger partial charge in [0.15, 0.2) is 5.82 Å². The molecule has 0 bridgehead atoms. The number of para-hydroxylation sites is 1. The van der Waals surface area contributed by atoms with Crippen LogP contribution in [-0.4, -0.2) is 20.0 Å². The number of fused-ring (bicyclic) bond motifs is 1. The van der Waals surface area contributed by atoms with E-state index in [-0.39, 0.29) is 0 Å². The second kappa shape index (κ2) is 5.21. The fourth-order valence-corrected chi connectivity index (χ4v) is 2.76. The molecule has 0 saturated heterocycles. The van der Waals surface area contributed by atoms with Crippen LogP contribution >= 0.6 is 0 Å². The van der Waals surface area contributed by atoms with Crippen molar-refractivity contribution in [2.45, 2.75) is 6.92 Å². The fourth-order valence-electron chi connectivity index (χ4n) is 2.76. The first-order valence-electron chi connectivity index (χ1n) is 7.38. The number of benzene rings is 2. The van der Waals surface area contributed by atoms with Gasteiger partial charge in [-0.2, -0.15) is 10.2 Å². The quantitative estimate of drug-likeness (QED) is 0.616. The Morgan fingerprint density at radius 1 is 0.870 bits per heavy atom. The first-order chi connectivity index (χ1) is 11.3. The Morgan fingerprint density at radius 2 is 1.52 bits per heavy atom. The van der Waals surface area contributed by atoms with E-state index in [9.17, 15) is 0 Å². The second-order valence-electron chi connectivity index (χ2n) is 5.36. The van der Waals surface area contributed by atoms with Gasteiger partial charge in [-0.15, -0.1) is 5.10 Å². The maximum Gasteiger partial charge on any atom is 0.157 e. The van der Waals surface area contributed by atoms with Gasteiger partial charge in [0.1, 0.15) is 5.52 Å². The van der Waals surface area contributed by atoms with Crippen LogP contribution in [0.5, 0.6) is 0 Å². The van der Waals surface area contributed by atoms with E-state index in [1.807, 2.05) is 72.3 Å². The van der Waals surface area contributed by atoms with Gasteiger partial charge >= 0.3 is 0 Å². The molecule has 2 N–H and O–H groups in total. The normalized spacial score (nSPS) is 11.0. The number of hydrogen-bond acceptors (Lipinski definition) is 4. The summed E-state index contributed by atoms with van der Waals surface area (Å²) in [4.78, 5) is 0. The highest BCUT2D eigenvalue weighted by atomic mass is 15.3. The van der Waals surface area contributed by atoms with E-state index in [2.05, 4.69) is 10.2 Å². The largest absolute Gasteiger partial charge is 0.382 e. The summed E-state index contributed by atoms with van der Waals surface area (Å²) in [5, 5.41) is 13.8. The zero-order chi connectivity index (χ0) is 15.8. The number of hydrogen-bond donors (Lipinski definition) is 1. The van der Waals surface area contributed by atoms with Crippen molar-refractivity contribution in [3.63, 3.8) is 0 Å². The van der Waals surface area contributed by atoms with Gasteiger partial charge in [0.05, 0.1) is 22.5 Å². The Morgan fingerprint density at radius 3 is 2.22 bits per heavy atom. The van der Waals surface area contributed by atoms with Crippen molar-refractivity contribution in [2.75, 3.05) is 5.73 Å². The molecule has 23 heavy (non-hydrogen) atoms. The maximum atomic E-state index is 6.13. The molecule has 0 radical (unpaired) electrons. The Balaban J connectivity index is 2.14. The summed E-state index contributed by atoms with van der Waals surface area (Å²) in [7, 11) is 0. The summed E-state index contributed by atoms with van der Waals surface area (Å²) in [6, 6.07) is 20.1. The molecule has 5 heteroatoms. The number of aryl methyl sites for hydroxylation is 1. The Hall–Kier alpha value is -3.21. The average molecular weight is 301 g/mol. The van der Waals surface area contributed by atoms with E-state index in [1.165, 1.54) is 0 Å². The summed E-state index contributed by atoms with van der Waals surface area (Å²) in [6.07, 6.45) is 0. The molecule has 4 rings (SSSR count). The molecule has 2 aromatic heterocycles. The van der Waals surface area contributed by atoms with E-state index in [1.54, 1.807) is 0 Å². The molecule has 2 heterocycles. The van der Waals surface area contributed by atoms with Crippen molar-refractivity contribution in [2.24, 2.45) is 0 Å². The van der Waals surface area contributed by atoms with Gasteiger partial charge in [0, 0.05) is 5.56 Å². The third kappa shape index (κ3) is 2.14. The van der Waals surface area contributed by atoms with Gasteiger partial charge in [-0.1, -0.05) is 48.5 Å². The molecular weight excluding hydrogens is 286 g/mol. The monoisotopic (exact) mass is 301 g/mol. The van der Waals surface area contributed by atoms with Crippen molar-refractivity contribution in [3.8, 4) is 16.9 Å². The molecule has 5 nitrogen and oxygen atoms in total. The molecule has 0 fully saturated rings. The van der Waals surface area contributed by atoms with Crippen LogP contribution in [0.4, 0.5) is 5.82 Å². The highest BCUT2D eigenvalue weighted by molar-refractivity contribution is 6.01. The molecule has 0 aliphatic rings. The predicted octanol–water partition coefficient (Wildman–Crippen LogP) is 3.37. The highest BCUT2D eigenvalue weighted by Crippen LogP contribution is 2.34. The number of nitrogens with two attached hydrogens (primary N) is 1. The molecule has 0 atom stereocenters. The van der Waals surface area contributed by atoms with Crippen LogP contribution in [0.15, 0.2) is 60.7 Å². The lowest BCUT2D eigenvalue weighted by molar-refractivity contribution is 0.897. The fraction of sp³-hybridized carbons (Fsp3) is 0.0556. The molecule has 2 aromatic carbocycles. The smallest absolute Gasteiger partial charge is 0.157 e. The van der Waals surface area contributed by atoms with Crippen LogP contribution in [-0.2, 0) is 0 Å². The van der Waals surface area contributed by atoms with Crippen LogP contribution in [0.3, 0.4) is 0 Å². The van der Waals surface area contributed by atoms with Gasteiger partial charge in [0.25, 0.3) is 0 Å². The molecule has 0 amide bonds. The van der Waals surface area contributed by atoms with E-state index < -0.39 is 0 Å². The molecule has 4 aromatic rings. The van der Waals surface area contributed by atoms with Gasteiger partial charge in [-0.25, -0.2) is 4.68 Å². The van der Waals surface area contributed by atoms with Crippen LogP contribution in [0.1, 0.15) is 5.69 Å². The lowest BCUT2D eigenvalue weighted by atomic mass is 10.1. The van der Waals surface area contributed by atoms with Gasteiger partial charge < -0.3 is 5.73 Å². The third-order valence-electron chi connectivity index (χ3n) is 3.84. The lowest BCUT2D eigenvalue weighted by Crippen LogP contribution is -1.99. The number of aromatic nitrogens is 4. The molecule has 0 unspecified atom stereocenters. The van der Waals surface area contributed by atoms with Crippen LogP contribution in [0, 0.1) is 6.92 Å². The van der Waals surface area contributed by atoms with Crippen LogP contribution in [0.25, 0.3) is 27.8 Å². The van der Waals surface area contributed by atoms with Crippen molar-refractivity contribution in [1.29, 1.82) is 0 Å². The first-order valence-corrected chi connectivity index (χ1v) is 7.38. The van der Waals surface area contributed by atoms with Crippen LogP contribution < -0.4 is 5.73 Å². The predicted molar refractivity (Wildman–Crippen MR) is 91.2 cm³/mol. The minimum absolute atomic E-state index is 0.395. The Bertz CT molecular complexity index is 975. The van der Waals surface area contributed by atoms with Gasteiger partial charge in [-0.05, 0) is 19.1 Å². The van der Waals surface area contributed by atoms with E-state index in [4.69, 9.17) is 10.8 Å².